The third-order valence-corrected chi connectivity index (χ3v) is 4.16. The number of hydrogen-bond donors (Lipinski definition) is 3. The van der Waals surface area contributed by atoms with Gasteiger partial charge in [0, 0.05) is 38.2 Å². The van der Waals surface area contributed by atoms with E-state index in [2.05, 4.69) is 16.0 Å². The lowest BCUT2D eigenvalue weighted by Crippen LogP contribution is -2.31. The molecule has 0 unspecified atom stereocenters. The van der Waals surface area contributed by atoms with E-state index in [1.54, 1.807) is 24.3 Å². The molecule has 1 aromatic carbocycles. The summed E-state index contributed by atoms with van der Waals surface area (Å²) in [7, 11) is 0. The highest BCUT2D eigenvalue weighted by molar-refractivity contribution is 6.03. The number of amides is 3. The molecule has 0 aliphatic rings. The van der Waals surface area contributed by atoms with Crippen LogP contribution in [-0.4, -0.2) is 62.4 Å². The number of nitrogens with one attached hydrogen (secondary N) is 3. The lowest BCUT2D eigenvalue weighted by Gasteiger charge is -2.08. The maximum Gasteiger partial charge on any atom is 0.407 e. The van der Waals surface area contributed by atoms with Gasteiger partial charge in [-0.2, -0.15) is 0 Å². The molecule has 0 saturated heterocycles. The molecule has 3 N–H and O–H groups in total. The summed E-state index contributed by atoms with van der Waals surface area (Å²) in [6.45, 7) is 5.06. The molecular weight excluding hydrogens is 430 g/mol. The maximum absolute atomic E-state index is 12.0. The number of benzene rings is 1. The molecule has 0 spiro atoms. The molecule has 0 aromatic heterocycles. The minimum atomic E-state index is -0.465. The summed E-state index contributed by atoms with van der Waals surface area (Å²) in [5.41, 5.74) is 1.24. The number of hydrogen-bond acceptors (Lipinski definition) is 7. The highest BCUT2D eigenvalue weighted by Crippen LogP contribution is 2.11. The SMILES string of the molecule is CCCNC(=O)OCCCOCCNC(=O)CC(=O)Nc1ccc(CC(=O)CC(C)=O)cc1. The zero-order valence-electron chi connectivity index (χ0n) is 19.2. The van der Waals surface area contributed by atoms with Crippen LogP contribution in [0, 0.1) is 0 Å². The largest absolute Gasteiger partial charge is 0.449 e. The zero-order chi connectivity index (χ0) is 24.5. The normalized spacial score (nSPS) is 10.2. The third kappa shape index (κ3) is 14.4. The Labute approximate surface area is 193 Å². The van der Waals surface area contributed by atoms with Crippen LogP contribution in [0.3, 0.4) is 0 Å². The number of alkyl carbamates (subject to hydrolysis) is 1. The standard InChI is InChI=1S/C23H33N3O7/c1-3-9-25-23(31)33-12-4-11-32-13-10-24-21(29)16-22(30)26-19-7-5-18(6-8-19)15-20(28)14-17(2)27/h5-8H,3-4,9-16H2,1-2H3,(H,24,29)(H,25,31)(H,26,30). The molecule has 0 radical (unpaired) electrons. The Bertz CT molecular complexity index is 794. The van der Waals surface area contributed by atoms with Gasteiger partial charge >= 0.3 is 6.09 Å². The number of carbonyl (C=O) groups is 5. The molecule has 0 atom stereocenters. The van der Waals surface area contributed by atoms with E-state index in [1.807, 2.05) is 6.92 Å². The van der Waals surface area contributed by atoms with Crippen LogP contribution in [0.5, 0.6) is 0 Å². The van der Waals surface area contributed by atoms with Crippen LogP contribution in [0.2, 0.25) is 0 Å². The van der Waals surface area contributed by atoms with Gasteiger partial charge in [-0.15, -0.1) is 0 Å². The minimum absolute atomic E-state index is 0.0924. The second-order valence-electron chi connectivity index (χ2n) is 7.39. The summed E-state index contributed by atoms with van der Waals surface area (Å²) in [5.74, 6) is -1.24. The monoisotopic (exact) mass is 463 g/mol. The lowest BCUT2D eigenvalue weighted by atomic mass is 10.1. The van der Waals surface area contributed by atoms with Crippen LogP contribution in [0.25, 0.3) is 0 Å². The number of ether oxygens (including phenoxy) is 2. The summed E-state index contributed by atoms with van der Waals surface area (Å²) < 4.78 is 10.3. The highest BCUT2D eigenvalue weighted by atomic mass is 16.5. The molecule has 0 bridgehead atoms. The molecule has 182 valence electrons. The molecule has 3 amide bonds. The number of Topliss-reactive ketones (excluding diaryl/α,β-unsaturated/α-hetero) is 2. The second kappa shape index (κ2) is 16.4. The van der Waals surface area contributed by atoms with Crippen molar-refractivity contribution in [3.8, 4) is 0 Å². The van der Waals surface area contributed by atoms with Gasteiger partial charge in [-0.25, -0.2) is 4.79 Å². The van der Waals surface area contributed by atoms with Crippen molar-refractivity contribution in [3.63, 3.8) is 0 Å². The Morgan fingerprint density at radius 3 is 2.24 bits per heavy atom. The average Bonchev–Trinajstić information content (AvgIpc) is 2.74. The van der Waals surface area contributed by atoms with E-state index in [0.717, 1.165) is 12.0 Å². The number of rotatable bonds is 16. The van der Waals surface area contributed by atoms with Crippen LogP contribution in [-0.2, 0) is 35.1 Å². The Morgan fingerprint density at radius 2 is 1.58 bits per heavy atom. The zero-order valence-corrected chi connectivity index (χ0v) is 19.2. The molecule has 10 nitrogen and oxygen atoms in total. The first kappa shape index (κ1) is 27.8. The van der Waals surface area contributed by atoms with Gasteiger partial charge in [-0.05, 0) is 31.0 Å². The average molecular weight is 464 g/mol. The van der Waals surface area contributed by atoms with Gasteiger partial charge in [-0.3, -0.25) is 19.2 Å². The van der Waals surface area contributed by atoms with Gasteiger partial charge in [0.1, 0.15) is 18.0 Å². The molecule has 1 aromatic rings. The van der Waals surface area contributed by atoms with Crippen LogP contribution >= 0.6 is 0 Å². The van der Waals surface area contributed by atoms with Crippen LogP contribution in [0.15, 0.2) is 24.3 Å². The number of carbonyl (C=O) groups excluding carboxylic acids is 5. The van der Waals surface area contributed by atoms with Gasteiger partial charge in [-0.1, -0.05) is 19.1 Å². The first-order valence-electron chi connectivity index (χ1n) is 10.9. The fourth-order valence-electron chi connectivity index (χ4n) is 2.66. The van der Waals surface area contributed by atoms with E-state index < -0.39 is 17.9 Å². The van der Waals surface area contributed by atoms with E-state index in [-0.39, 0.29) is 50.6 Å². The Kier molecular flexibility index (Phi) is 13.8. The molecule has 10 heteroatoms. The van der Waals surface area contributed by atoms with Crippen molar-refractivity contribution in [2.45, 2.75) is 46.0 Å². The van der Waals surface area contributed by atoms with Gasteiger partial charge in [0.05, 0.1) is 19.6 Å². The van der Waals surface area contributed by atoms with Crippen molar-refractivity contribution in [3.05, 3.63) is 29.8 Å². The van der Waals surface area contributed by atoms with E-state index in [0.29, 0.717) is 25.3 Å². The van der Waals surface area contributed by atoms with Gasteiger partial charge in [0.15, 0.2) is 0 Å². The Balaban J connectivity index is 2.13. The molecule has 33 heavy (non-hydrogen) atoms. The molecule has 0 aliphatic carbocycles. The van der Waals surface area contributed by atoms with E-state index in [9.17, 15) is 24.0 Å². The predicted molar refractivity (Wildman–Crippen MR) is 122 cm³/mol. The number of ketones is 2. The van der Waals surface area contributed by atoms with Crippen molar-refractivity contribution in [2.24, 2.45) is 0 Å². The minimum Gasteiger partial charge on any atom is -0.449 e. The fourth-order valence-corrected chi connectivity index (χ4v) is 2.66. The predicted octanol–water partition coefficient (Wildman–Crippen LogP) is 1.76. The summed E-state index contributed by atoms with van der Waals surface area (Å²) in [6.07, 6.45) is 0.660. The van der Waals surface area contributed by atoms with Gasteiger partial charge in [0.25, 0.3) is 0 Å². The molecule has 1 rings (SSSR count). The van der Waals surface area contributed by atoms with Crippen LogP contribution in [0.4, 0.5) is 10.5 Å². The first-order chi connectivity index (χ1) is 15.8. The van der Waals surface area contributed by atoms with Crippen LogP contribution < -0.4 is 16.0 Å². The van der Waals surface area contributed by atoms with Crippen LogP contribution in [0.1, 0.15) is 45.1 Å². The van der Waals surface area contributed by atoms with E-state index >= 15 is 0 Å². The second-order valence-corrected chi connectivity index (χ2v) is 7.39. The summed E-state index contributed by atoms with van der Waals surface area (Å²) >= 11 is 0. The molecule has 0 heterocycles. The Hall–Kier alpha value is -3.27. The van der Waals surface area contributed by atoms with Crippen molar-refractivity contribution in [1.29, 1.82) is 0 Å². The third-order valence-electron chi connectivity index (χ3n) is 4.16. The van der Waals surface area contributed by atoms with E-state index in [4.69, 9.17) is 9.47 Å². The van der Waals surface area contributed by atoms with Crippen molar-refractivity contribution in [1.82, 2.24) is 10.6 Å². The first-order valence-corrected chi connectivity index (χ1v) is 10.9. The van der Waals surface area contributed by atoms with Crippen molar-refractivity contribution < 1.29 is 33.4 Å². The quantitative estimate of drug-likeness (QED) is 0.251. The lowest BCUT2D eigenvalue weighted by molar-refractivity contribution is -0.128. The number of anilines is 1. The molecule has 0 saturated carbocycles. The molecule has 0 aliphatic heterocycles. The smallest absolute Gasteiger partial charge is 0.407 e. The summed E-state index contributed by atoms with van der Waals surface area (Å²) in [5, 5.41) is 7.80. The van der Waals surface area contributed by atoms with E-state index in [1.165, 1.54) is 6.92 Å². The van der Waals surface area contributed by atoms with Crippen molar-refractivity contribution in [2.75, 3.05) is 38.2 Å². The topological polar surface area (TPSA) is 140 Å². The molecule has 0 fully saturated rings. The molecular formula is C23H33N3O7. The van der Waals surface area contributed by atoms with Gasteiger partial charge in [0.2, 0.25) is 11.8 Å². The summed E-state index contributed by atoms with van der Waals surface area (Å²) in [6, 6.07) is 6.65. The van der Waals surface area contributed by atoms with Gasteiger partial charge < -0.3 is 25.4 Å². The van der Waals surface area contributed by atoms with Crippen molar-refractivity contribution >= 4 is 35.2 Å². The fraction of sp³-hybridized carbons (Fsp3) is 0.522. The maximum atomic E-state index is 12.0. The Morgan fingerprint density at radius 1 is 0.848 bits per heavy atom. The summed E-state index contributed by atoms with van der Waals surface area (Å²) in [4.78, 5) is 57.7. The highest BCUT2D eigenvalue weighted by Gasteiger charge is 2.10.